The van der Waals surface area contributed by atoms with Gasteiger partial charge in [0.25, 0.3) is 0 Å². The molecule has 2 fully saturated rings. The molecular formula is C53H56O5S. The minimum atomic E-state index is -0.936. The van der Waals surface area contributed by atoms with Gasteiger partial charge in [-0.2, -0.15) is 0 Å². The van der Waals surface area contributed by atoms with Crippen LogP contribution in [-0.2, 0) is 15.8 Å². The topological polar surface area (TPSA) is 46.2 Å². The van der Waals surface area contributed by atoms with Crippen LogP contribution >= 0.6 is 11.8 Å². The zero-order valence-corrected chi connectivity index (χ0v) is 35.9. The summed E-state index contributed by atoms with van der Waals surface area (Å²) in [6, 6.07) is 30.5. The highest BCUT2D eigenvalue weighted by atomic mass is 32.2. The predicted molar refractivity (Wildman–Crippen MR) is 242 cm³/mol. The van der Waals surface area contributed by atoms with E-state index in [1.807, 2.05) is 30.3 Å². The standard InChI is InChI=1S/C53H56O5S/c1-6-13-38(7-2)56-32-33-57-40-22-18-37(19-23-40)53(36-16-20-39(54-3)21-17-36)27-24-42-49-48(43-35-47(59-5)46(55-4)34-44(43)50(42)58-53)41-14-9-10-15-45(41)52(49)30-28-51(29-31-52)25-11-8-12-26-51/h7,9-10,13-24,27,34-35H,2,6,8,11-12,25-26,28-33H2,1,3-5H3/b38-13-. The lowest BCUT2D eigenvalue weighted by Gasteiger charge is -2.48. The molecule has 0 radical (unpaired) electrons. The van der Waals surface area contributed by atoms with E-state index in [-0.39, 0.29) is 5.41 Å². The van der Waals surface area contributed by atoms with Crippen molar-refractivity contribution >= 4 is 28.6 Å². The van der Waals surface area contributed by atoms with Gasteiger partial charge in [0.2, 0.25) is 0 Å². The van der Waals surface area contributed by atoms with E-state index in [0.717, 1.165) is 69.4 Å². The monoisotopic (exact) mass is 804 g/mol. The van der Waals surface area contributed by atoms with Crippen LogP contribution in [0.1, 0.15) is 98.9 Å². The summed E-state index contributed by atoms with van der Waals surface area (Å²) in [5.74, 6) is 4.11. The molecule has 4 aliphatic rings. The van der Waals surface area contributed by atoms with E-state index in [1.54, 1.807) is 32.1 Å². The van der Waals surface area contributed by atoms with Crippen LogP contribution in [0.15, 0.2) is 120 Å². The lowest BCUT2D eigenvalue weighted by Crippen LogP contribution is -2.39. The van der Waals surface area contributed by atoms with E-state index in [2.05, 4.69) is 92.6 Å². The number of hydrogen-bond acceptors (Lipinski definition) is 6. The average Bonchev–Trinajstić information content (AvgIpc) is 3.58. The highest BCUT2D eigenvalue weighted by Gasteiger charge is 2.52. The summed E-state index contributed by atoms with van der Waals surface area (Å²) in [4.78, 5) is 1.13. The lowest BCUT2D eigenvalue weighted by atomic mass is 9.56. The first-order valence-corrected chi connectivity index (χ1v) is 22.7. The highest BCUT2D eigenvalue weighted by molar-refractivity contribution is 7.98. The Morgan fingerprint density at radius 1 is 0.797 bits per heavy atom. The Hall–Kier alpha value is -5.07. The van der Waals surface area contributed by atoms with Crippen LogP contribution in [0.5, 0.6) is 23.0 Å². The van der Waals surface area contributed by atoms with Gasteiger partial charge >= 0.3 is 0 Å². The largest absolute Gasteiger partial charge is 0.497 e. The molecule has 5 nitrogen and oxygen atoms in total. The van der Waals surface area contributed by atoms with Crippen molar-refractivity contribution in [3.8, 4) is 34.1 Å². The highest BCUT2D eigenvalue weighted by Crippen LogP contribution is 2.65. The Morgan fingerprint density at radius 3 is 2.17 bits per heavy atom. The summed E-state index contributed by atoms with van der Waals surface area (Å²) in [6.07, 6.45) is 23.2. The summed E-state index contributed by atoms with van der Waals surface area (Å²) in [7, 11) is 3.48. The molecule has 1 atom stereocenters. The van der Waals surface area contributed by atoms with Gasteiger partial charge in [-0.25, -0.2) is 0 Å². The van der Waals surface area contributed by atoms with E-state index in [1.165, 1.54) is 78.1 Å². The number of allylic oxidation sites excluding steroid dienone is 2. The number of benzene rings is 5. The Kier molecular flexibility index (Phi) is 10.8. The molecule has 304 valence electrons. The maximum absolute atomic E-state index is 7.75. The third-order valence-corrected chi connectivity index (χ3v) is 14.6. The van der Waals surface area contributed by atoms with Gasteiger partial charge in [0.15, 0.2) is 5.60 Å². The van der Waals surface area contributed by atoms with E-state index < -0.39 is 5.60 Å². The molecule has 9 rings (SSSR count). The first kappa shape index (κ1) is 39.4. The fourth-order valence-corrected chi connectivity index (χ4v) is 11.4. The number of methoxy groups -OCH3 is 2. The van der Waals surface area contributed by atoms with Crippen LogP contribution in [-0.4, -0.2) is 33.7 Å². The SMILES string of the molecule is C=C/C(=C/CC)OCCOc1ccc(C2(c3ccc(OC)cc3)C=Cc3c4c(c5cc(SC)c(OC)cc5c3O2)-c2ccccc2C42CCC3(CCCCC3)CC2)cc1. The molecule has 59 heavy (non-hydrogen) atoms. The number of hydrogen-bond donors (Lipinski definition) is 0. The molecule has 1 heterocycles. The van der Waals surface area contributed by atoms with Gasteiger partial charge in [-0.05, 0) is 139 Å². The average molecular weight is 805 g/mol. The van der Waals surface area contributed by atoms with Crippen LogP contribution < -0.4 is 18.9 Å². The van der Waals surface area contributed by atoms with Crippen LogP contribution in [0.4, 0.5) is 0 Å². The Balaban J connectivity index is 1.20. The molecule has 3 aliphatic carbocycles. The molecule has 1 unspecified atom stereocenters. The first-order chi connectivity index (χ1) is 28.9. The van der Waals surface area contributed by atoms with E-state index in [9.17, 15) is 0 Å². The lowest BCUT2D eigenvalue weighted by molar-refractivity contribution is 0.0948. The molecule has 0 aromatic heterocycles. The molecule has 2 saturated carbocycles. The molecule has 5 aromatic rings. The second kappa shape index (κ2) is 16.2. The first-order valence-electron chi connectivity index (χ1n) is 21.5. The van der Waals surface area contributed by atoms with Gasteiger partial charge in [-0.1, -0.05) is 87.4 Å². The smallest absolute Gasteiger partial charge is 0.178 e. The summed E-state index contributed by atoms with van der Waals surface area (Å²) in [5, 5.41) is 2.29. The number of rotatable bonds is 12. The maximum Gasteiger partial charge on any atom is 0.178 e. The molecule has 0 saturated heterocycles. The number of thioether (sulfide) groups is 1. The summed E-state index contributed by atoms with van der Waals surface area (Å²) in [5.41, 5.74) is 8.35. The van der Waals surface area contributed by atoms with Crippen LogP contribution in [0.25, 0.3) is 28.0 Å². The zero-order valence-electron chi connectivity index (χ0n) is 35.0. The van der Waals surface area contributed by atoms with Crippen molar-refractivity contribution < 1.29 is 23.7 Å². The predicted octanol–water partition coefficient (Wildman–Crippen LogP) is 13.6. The van der Waals surface area contributed by atoms with Gasteiger partial charge in [0.1, 0.15) is 42.0 Å². The van der Waals surface area contributed by atoms with Gasteiger partial charge in [-0.3, -0.25) is 0 Å². The molecule has 0 bridgehead atoms. The van der Waals surface area contributed by atoms with Gasteiger partial charge in [-0.15, -0.1) is 11.8 Å². The van der Waals surface area contributed by atoms with Gasteiger partial charge in [0.05, 0.1) is 14.2 Å². The van der Waals surface area contributed by atoms with Crippen molar-refractivity contribution in [2.24, 2.45) is 5.41 Å². The molecule has 0 N–H and O–H groups in total. The maximum atomic E-state index is 7.75. The minimum absolute atomic E-state index is 0.0817. The van der Waals surface area contributed by atoms with Crippen LogP contribution in [0, 0.1) is 5.41 Å². The van der Waals surface area contributed by atoms with Crippen LogP contribution in [0.3, 0.4) is 0 Å². The van der Waals surface area contributed by atoms with E-state index in [4.69, 9.17) is 23.7 Å². The summed E-state index contributed by atoms with van der Waals surface area (Å²) < 4.78 is 31.5. The summed E-state index contributed by atoms with van der Waals surface area (Å²) in [6.45, 7) is 6.79. The Labute approximate surface area is 354 Å². The minimum Gasteiger partial charge on any atom is -0.497 e. The van der Waals surface area contributed by atoms with Gasteiger partial charge in [0, 0.05) is 32.4 Å². The van der Waals surface area contributed by atoms with Crippen molar-refractivity contribution in [1.29, 1.82) is 0 Å². The zero-order chi connectivity index (χ0) is 40.6. The molecule has 1 aliphatic heterocycles. The molecule has 2 spiro atoms. The van der Waals surface area contributed by atoms with E-state index >= 15 is 0 Å². The fraction of sp³-hybridized carbons (Fsp3) is 0.358. The molecule has 6 heteroatoms. The molecular weight excluding hydrogens is 749 g/mol. The number of fused-ring (bicyclic) bond motifs is 10. The second-order valence-corrected chi connectivity index (χ2v) is 17.6. The molecule has 0 amide bonds. The van der Waals surface area contributed by atoms with Gasteiger partial charge < -0.3 is 23.7 Å². The second-order valence-electron chi connectivity index (χ2n) is 16.8. The number of ether oxygens (including phenoxy) is 5. The Morgan fingerprint density at radius 2 is 1.51 bits per heavy atom. The quantitative estimate of drug-likeness (QED) is 0.0542. The third-order valence-electron chi connectivity index (χ3n) is 13.8. The molecule has 5 aromatic carbocycles. The third kappa shape index (κ3) is 6.72. The van der Waals surface area contributed by atoms with Crippen molar-refractivity contribution in [2.75, 3.05) is 33.7 Å². The Bertz CT molecular complexity index is 2410. The fourth-order valence-electron chi connectivity index (χ4n) is 10.9. The van der Waals surface area contributed by atoms with Crippen LogP contribution in [0.2, 0.25) is 0 Å². The summed E-state index contributed by atoms with van der Waals surface area (Å²) >= 11 is 1.73. The van der Waals surface area contributed by atoms with E-state index in [0.29, 0.717) is 18.6 Å². The van der Waals surface area contributed by atoms with Crippen molar-refractivity contribution in [1.82, 2.24) is 0 Å². The van der Waals surface area contributed by atoms with Crippen molar-refractivity contribution in [3.05, 3.63) is 143 Å². The van der Waals surface area contributed by atoms with Crippen molar-refractivity contribution in [3.63, 3.8) is 0 Å². The normalized spacial score (nSPS) is 19.8. The van der Waals surface area contributed by atoms with Crippen molar-refractivity contribution in [2.45, 2.75) is 87.0 Å².